The summed E-state index contributed by atoms with van der Waals surface area (Å²) in [7, 11) is 1.56. The lowest BCUT2D eigenvalue weighted by atomic mass is 10.2. The van der Waals surface area contributed by atoms with E-state index in [1.807, 2.05) is 12.1 Å². The zero-order valence-corrected chi connectivity index (χ0v) is 14.7. The fourth-order valence-electron chi connectivity index (χ4n) is 2.43. The number of carbonyl (C=O) groups excluding carboxylic acids is 1. The van der Waals surface area contributed by atoms with Crippen LogP contribution in [0.3, 0.4) is 0 Å². The molecular formula is C20H16F3N3O2. The molecule has 0 fully saturated rings. The first kappa shape index (κ1) is 19.2. The summed E-state index contributed by atoms with van der Waals surface area (Å²) in [6, 6.07) is 14.5. The van der Waals surface area contributed by atoms with E-state index in [9.17, 15) is 18.0 Å². The zero-order valence-electron chi connectivity index (χ0n) is 14.7. The number of ether oxygens (including phenoxy) is 1. The van der Waals surface area contributed by atoms with Crippen LogP contribution in [0, 0.1) is 0 Å². The standard InChI is InChI=1S/C20H16F3N3O2/c1-28-17-4-2-3-16(12-17)25-18-11-13(9-10-24-18)19(27)26-15-7-5-14(6-8-15)20(21,22)23/h2-12H,1H3,(H,24,25)(H,26,27). The third kappa shape index (κ3) is 4.79. The van der Waals surface area contributed by atoms with E-state index in [0.717, 1.165) is 17.8 Å². The Morgan fingerprint density at radius 2 is 1.75 bits per heavy atom. The first-order valence-electron chi connectivity index (χ1n) is 8.21. The van der Waals surface area contributed by atoms with Crippen molar-refractivity contribution in [3.8, 4) is 5.75 Å². The molecule has 8 heteroatoms. The first-order valence-corrected chi connectivity index (χ1v) is 8.21. The van der Waals surface area contributed by atoms with Gasteiger partial charge >= 0.3 is 6.18 Å². The number of amides is 1. The highest BCUT2D eigenvalue weighted by atomic mass is 19.4. The fraction of sp³-hybridized carbons (Fsp3) is 0.100. The average molecular weight is 387 g/mol. The molecule has 0 radical (unpaired) electrons. The van der Waals surface area contributed by atoms with Gasteiger partial charge in [-0.15, -0.1) is 0 Å². The minimum atomic E-state index is -4.42. The molecule has 1 heterocycles. The van der Waals surface area contributed by atoms with Crippen molar-refractivity contribution in [1.82, 2.24) is 4.98 Å². The number of nitrogens with one attached hydrogen (secondary N) is 2. The van der Waals surface area contributed by atoms with Crippen molar-refractivity contribution in [3.05, 3.63) is 78.0 Å². The molecule has 0 spiro atoms. The summed E-state index contributed by atoms with van der Waals surface area (Å²) in [5.74, 6) is 0.644. The number of hydrogen-bond donors (Lipinski definition) is 2. The lowest BCUT2D eigenvalue weighted by Gasteiger charge is -2.10. The number of benzene rings is 2. The van der Waals surface area contributed by atoms with Crippen LogP contribution in [0.4, 0.5) is 30.4 Å². The molecule has 1 aromatic heterocycles. The summed E-state index contributed by atoms with van der Waals surface area (Å²) in [6.07, 6.45) is -2.96. The second-order valence-corrected chi connectivity index (χ2v) is 5.82. The third-order valence-corrected chi connectivity index (χ3v) is 3.83. The molecule has 5 nitrogen and oxygen atoms in total. The van der Waals surface area contributed by atoms with Gasteiger partial charge in [0.2, 0.25) is 0 Å². The van der Waals surface area contributed by atoms with E-state index in [-0.39, 0.29) is 5.69 Å². The molecule has 3 rings (SSSR count). The topological polar surface area (TPSA) is 63.2 Å². The minimum absolute atomic E-state index is 0.261. The van der Waals surface area contributed by atoms with E-state index < -0.39 is 17.6 Å². The Hall–Kier alpha value is -3.55. The van der Waals surface area contributed by atoms with Gasteiger partial charge in [-0.25, -0.2) is 4.98 Å². The molecular weight excluding hydrogens is 371 g/mol. The molecule has 2 N–H and O–H groups in total. The van der Waals surface area contributed by atoms with E-state index >= 15 is 0 Å². The molecule has 0 aliphatic heterocycles. The van der Waals surface area contributed by atoms with Crippen LogP contribution in [0.25, 0.3) is 0 Å². The molecule has 3 aromatic rings. The predicted octanol–water partition coefficient (Wildman–Crippen LogP) is 5.10. The van der Waals surface area contributed by atoms with Crippen molar-refractivity contribution in [2.75, 3.05) is 17.7 Å². The van der Waals surface area contributed by atoms with Gasteiger partial charge in [0, 0.05) is 29.2 Å². The van der Waals surface area contributed by atoms with Gasteiger partial charge in [-0.2, -0.15) is 13.2 Å². The van der Waals surface area contributed by atoms with E-state index in [0.29, 0.717) is 17.1 Å². The molecule has 0 unspecified atom stereocenters. The SMILES string of the molecule is COc1cccc(Nc2cc(C(=O)Nc3ccc(C(F)(F)F)cc3)ccn2)c1. The van der Waals surface area contributed by atoms with Gasteiger partial charge in [0.05, 0.1) is 12.7 Å². The zero-order chi connectivity index (χ0) is 20.1. The van der Waals surface area contributed by atoms with Gasteiger partial charge in [-0.3, -0.25) is 4.79 Å². The summed E-state index contributed by atoms with van der Waals surface area (Å²) < 4.78 is 43.0. The average Bonchev–Trinajstić information content (AvgIpc) is 2.68. The van der Waals surface area contributed by atoms with Crippen molar-refractivity contribution in [2.24, 2.45) is 0 Å². The molecule has 0 bridgehead atoms. The summed E-state index contributed by atoms with van der Waals surface area (Å²) in [4.78, 5) is 16.6. The summed E-state index contributed by atoms with van der Waals surface area (Å²) in [5.41, 5.74) is 0.517. The molecule has 0 atom stereocenters. The van der Waals surface area contributed by atoms with Crippen LogP contribution in [0.2, 0.25) is 0 Å². The maximum atomic E-state index is 12.6. The van der Waals surface area contributed by atoms with Crippen LogP contribution >= 0.6 is 0 Å². The molecule has 28 heavy (non-hydrogen) atoms. The molecule has 144 valence electrons. The van der Waals surface area contributed by atoms with Crippen molar-refractivity contribution in [3.63, 3.8) is 0 Å². The molecule has 0 aliphatic rings. The van der Waals surface area contributed by atoms with Gasteiger partial charge in [0.15, 0.2) is 0 Å². The minimum Gasteiger partial charge on any atom is -0.497 e. The quantitative estimate of drug-likeness (QED) is 0.639. The molecule has 0 saturated carbocycles. The van der Waals surface area contributed by atoms with Crippen LogP contribution in [0.15, 0.2) is 66.9 Å². The Balaban J connectivity index is 1.71. The van der Waals surface area contributed by atoms with Crippen molar-refractivity contribution in [1.29, 1.82) is 0 Å². The van der Waals surface area contributed by atoms with E-state index in [4.69, 9.17) is 4.74 Å². The second kappa shape index (κ2) is 7.99. The normalized spacial score (nSPS) is 11.0. The number of aromatic nitrogens is 1. The third-order valence-electron chi connectivity index (χ3n) is 3.83. The lowest BCUT2D eigenvalue weighted by molar-refractivity contribution is -0.137. The predicted molar refractivity (Wildman–Crippen MR) is 99.9 cm³/mol. The number of hydrogen-bond acceptors (Lipinski definition) is 4. The highest BCUT2D eigenvalue weighted by molar-refractivity contribution is 6.04. The van der Waals surface area contributed by atoms with E-state index in [2.05, 4.69) is 15.6 Å². The number of methoxy groups -OCH3 is 1. The van der Waals surface area contributed by atoms with Crippen LogP contribution < -0.4 is 15.4 Å². The van der Waals surface area contributed by atoms with Crippen LogP contribution in [-0.2, 0) is 6.18 Å². The van der Waals surface area contributed by atoms with Crippen LogP contribution in [0.5, 0.6) is 5.75 Å². The fourth-order valence-corrected chi connectivity index (χ4v) is 2.43. The molecule has 0 aliphatic carbocycles. The van der Waals surface area contributed by atoms with Crippen LogP contribution in [-0.4, -0.2) is 18.0 Å². The van der Waals surface area contributed by atoms with Gasteiger partial charge < -0.3 is 15.4 Å². The van der Waals surface area contributed by atoms with Crippen molar-refractivity contribution in [2.45, 2.75) is 6.18 Å². The van der Waals surface area contributed by atoms with Gasteiger partial charge in [0.1, 0.15) is 11.6 Å². The number of nitrogens with zero attached hydrogens (tertiary/aromatic N) is 1. The smallest absolute Gasteiger partial charge is 0.416 e. The Morgan fingerprint density at radius 1 is 1.00 bits per heavy atom. The second-order valence-electron chi connectivity index (χ2n) is 5.82. The summed E-state index contributed by atoms with van der Waals surface area (Å²) in [5, 5.41) is 5.63. The van der Waals surface area contributed by atoms with E-state index in [1.54, 1.807) is 25.3 Å². The molecule has 1 amide bonds. The highest BCUT2D eigenvalue weighted by Gasteiger charge is 2.30. The number of alkyl halides is 3. The maximum Gasteiger partial charge on any atom is 0.416 e. The molecule has 2 aromatic carbocycles. The highest BCUT2D eigenvalue weighted by Crippen LogP contribution is 2.30. The summed E-state index contributed by atoms with van der Waals surface area (Å²) >= 11 is 0. The number of halogens is 3. The van der Waals surface area contributed by atoms with Gasteiger partial charge in [-0.1, -0.05) is 6.07 Å². The first-order chi connectivity index (χ1) is 13.3. The number of pyridine rings is 1. The van der Waals surface area contributed by atoms with Gasteiger partial charge in [-0.05, 0) is 48.5 Å². The van der Waals surface area contributed by atoms with Crippen molar-refractivity contribution >= 4 is 23.1 Å². The van der Waals surface area contributed by atoms with E-state index in [1.165, 1.54) is 24.4 Å². The maximum absolute atomic E-state index is 12.6. The Morgan fingerprint density at radius 3 is 2.43 bits per heavy atom. The Labute approximate surface area is 159 Å². The summed E-state index contributed by atoms with van der Waals surface area (Å²) in [6.45, 7) is 0. The monoisotopic (exact) mass is 387 g/mol. The number of carbonyl (C=O) groups is 1. The lowest BCUT2D eigenvalue weighted by Crippen LogP contribution is -2.13. The number of anilines is 3. The number of rotatable bonds is 5. The Bertz CT molecular complexity index is 973. The van der Waals surface area contributed by atoms with Gasteiger partial charge in [0.25, 0.3) is 5.91 Å². The molecule has 0 saturated heterocycles. The Kier molecular flexibility index (Phi) is 5.49. The van der Waals surface area contributed by atoms with Crippen molar-refractivity contribution < 1.29 is 22.7 Å². The largest absolute Gasteiger partial charge is 0.497 e. The van der Waals surface area contributed by atoms with Crippen LogP contribution in [0.1, 0.15) is 15.9 Å².